The molecule has 0 bridgehead atoms. The average Bonchev–Trinajstić information content (AvgIpc) is 3.09. The number of rotatable bonds is 12. The summed E-state index contributed by atoms with van der Waals surface area (Å²) in [6, 6.07) is 46.0. The lowest BCUT2D eigenvalue weighted by molar-refractivity contribution is 0.279. The van der Waals surface area contributed by atoms with Crippen molar-refractivity contribution in [2.45, 2.75) is 58.2 Å². The van der Waals surface area contributed by atoms with Crippen LogP contribution in [-0.4, -0.2) is 28.3 Å². The van der Waals surface area contributed by atoms with Crippen molar-refractivity contribution in [1.29, 1.82) is 0 Å². The van der Waals surface area contributed by atoms with Crippen LogP contribution in [0.3, 0.4) is 0 Å². The lowest BCUT2D eigenvalue weighted by atomic mass is 10.2. The van der Waals surface area contributed by atoms with Gasteiger partial charge in [0.05, 0.1) is 6.61 Å². The molecule has 0 radical (unpaired) electrons. The zero-order valence-electron chi connectivity index (χ0n) is 29.1. The van der Waals surface area contributed by atoms with Gasteiger partial charge in [-0.25, -0.2) is 0 Å². The molecular formula is C42H48O4Si2. The number of aliphatic hydroxyl groups excluding tert-OH is 1. The van der Waals surface area contributed by atoms with Crippen LogP contribution in [0.1, 0.15) is 47.1 Å². The summed E-state index contributed by atoms with van der Waals surface area (Å²) in [5, 5.41) is 14.7. The second-order valence-corrected chi connectivity index (χ2v) is 22.7. The van der Waals surface area contributed by atoms with E-state index in [1.54, 1.807) is 6.08 Å². The van der Waals surface area contributed by atoms with Gasteiger partial charge in [0.1, 0.15) is 6.61 Å². The van der Waals surface area contributed by atoms with Crippen molar-refractivity contribution in [1.82, 2.24) is 0 Å². The molecule has 48 heavy (non-hydrogen) atoms. The van der Waals surface area contributed by atoms with Crippen LogP contribution in [0.15, 0.2) is 146 Å². The third-order valence-corrected chi connectivity index (χ3v) is 18.8. The van der Waals surface area contributed by atoms with E-state index in [2.05, 4.69) is 145 Å². The van der Waals surface area contributed by atoms with Gasteiger partial charge in [-0.15, -0.1) is 0 Å². The predicted molar refractivity (Wildman–Crippen MR) is 205 cm³/mol. The summed E-state index contributed by atoms with van der Waals surface area (Å²) in [6.07, 6.45) is 1.74. The summed E-state index contributed by atoms with van der Waals surface area (Å²) in [5.74, 6) is 1.60. The minimum Gasteiger partial charge on any atom is -0.531 e. The molecule has 0 aliphatic heterocycles. The fraction of sp³-hybridized carbons (Fsp3) is 0.238. The fourth-order valence-electron chi connectivity index (χ4n) is 6.79. The Bertz CT molecular complexity index is 1580. The van der Waals surface area contributed by atoms with Gasteiger partial charge in [-0.3, -0.25) is 0 Å². The van der Waals surface area contributed by atoms with Gasteiger partial charge in [-0.1, -0.05) is 176 Å². The number of hydrogen-bond donors (Lipinski definition) is 1. The predicted octanol–water partition coefficient (Wildman–Crippen LogP) is 7.62. The van der Waals surface area contributed by atoms with E-state index in [0.717, 1.165) is 20.7 Å². The standard InChI is InChI=1S/C42H48O4Si2/c1-8-29-44-40-38(45-47(41(2,3)4,34-21-13-9-14-22-34)35-23-15-10-16-24-35)30-33(32-43)31-39(40)46-48(42(5,6)7,36-25-17-11-18-26-36)37-27-19-12-20-28-37/h8-28,30-31,43H,1,29,32H2,2-7H3. The van der Waals surface area contributed by atoms with Gasteiger partial charge in [-0.2, -0.15) is 0 Å². The van der Waals surface area contributed by atoms with E-state index in [9.17, 15) is 5.11 Å². The molecule has 5 aromatic rings. The number of hydrogen-bond acceptors (Lipinski definition) is 4. The third-order valence-electron chi connectivity index (χ3n) is 8.97. The fourth-order valence-corrected chi connectivity index (χ4v) is 15.6. The quantitative estimate of drug-likeness (QED) is 0.109. The molecule has 0 saturated carbocycles. The topological polar surface area (TPSA) is 47.9 Å². The van der Waals surface area contributed by atoms with Crippen LogP contribution in [0.4, 0.5) is 0 Å². The van der Waals surface area contributed by atoms with E-state index in [0.29, 0.717) is 22.8 Å². The Kier molecular flexibility index (Phi) is 10.5. The maximum Gasteiger partial charge on any atom is 0.320 e. The summed E-state index contributed by atoms with van der Waals surface area (Å²) in [4.78, 5) is 0. The van der Waals surface area contributed by atoms with Crippen molar-refractivity contribution >= 4 is 37.4 Å². The van der Waals surface area contributed by atoms with E-state index in [4.69, 9.17) is 13.6 Å². The van der Waals surface area contributed by atoms with Crippen LogP contribution in [-0.2, 0) is 6.61 Å². The summed E-state index contributed by atoms with van der Waals surface area (Å²) in [6.45, 7) is 17.5. The maximum absolute atomic E-state index is 10.7. The molecule has 248 valence electrons. The van der Waals surface area contributed by atoms with Crippen molar-refractivity contribution in [3.63, 3.8) is 0 Å². The second kappa shape index (κ2) is 14.4. The third kappa shape index (κ3) is 6.65. The number of ether oxygens (including phenoxy) is 1. The Balaban J connectivity index is 1.83. The molecule has 0 fully saturated rings. The van der Waals surface area contributed by atoms with Gasteiger partial charge in [0.2, 0.25) is 5.75 Å². The first-order chi connectivity index (χ1) is 23.0. The van der Waals surface area contributed by atoms with Crippen LogP contribution >= 0.6 is 0 Å². The van der Waals surface area contributed by atoms with Gasteiger partial charge in [0, 0.05) is 0 Å². The van der Waals surface area contributed by atoms with E-state index in [1.807, 2.05) is 36.4 Å². The lowest BCUT2D eigenvalue weighted by Crippen LogP contribution is -2.69. The lowest BCUT2D eigenvalue weighted by Gasteiger charge is -2.44. The molecule has 6 heteroatoms. The zero-order valence-corrected chi connectivity index (χ0v) is 31.1. The highest BCUT2D eigenvalue weighted by Crippen LogP contribution is 2.47. The zero-order chi connectivity index (χ0) is 34.4. The maximum atomic E-state index is 10.7. The van der Waals surface area contributed by atoms with E-state index >= 15 is 0 Å². The monoisotopic (exact) mass is 672 g/mol. The van der Waals surface area contributed by atoms with Crippen molar-refractivity contribution < 1.29 is 18.7 Å². The molecule has 0 spiro atoms. The van der Waals surface area contributed by atoms with Crippen LogP contribution in [0.2, 0.25) is 10.1 Å². The summed E-state index contributed by atoms with van der Waals surface area (Å²) >= 11 is 0. The Morgan fingerprint density at radius 1 is 0.562 bits per heavy atom. The van der Waals surface area contributed by atoms with Gasteiger partial charge in [-0.05, 0) is 48.5 Å². The molecule has 0 aromatic heterocycles. The molecule has 4 nitrogen and oxygen atoms in total. The molecule has 0 heterocycles. The average molecular weight is 673 g/mol. The second-order valence-electron chi connectivity index (χ2n) is 14.2. The van der Waals surface area contributed by atoms with Gasteiger partial charge in [0.15, 0.2) is 11.5 Å². The van der Waals surface area contributed by atoms with E-state index in [1.165, 1.54) is 0 Å². The Morgan fingerprint density at radius 3 is 1.12 bits per heavy atom. The Labute approximate surface area is 288 Å². The first kappa shape index (κ1) is 35.0. The van der Waals surface area contributed by atoms with E-state index < -0.39 is 16.6 Å². The molecule has 0 amide bonds. The highest BCUT2D eigenvalue weighted by molar-refractivity contribution is 7.00. The molecule has 0 unspecified atom stereocenters. The molecule has 0 aliphatic carbocycles. The van der Waals surface area contributed by atoms with Crippen LogP contribution in [0.5, 0.6) is 17.2 Å². The number of aliphatic hydroxyl groups is 1. The summed E-state index contributed by atoms with van der Waals surface area (Å²) in [5.41, 5.74) is 0.682. The van der Waals surface area contributed by atoms with Crippen molar-refractivity contribution in [2.24, 2.45) is 0 Å². The Morgan fingerprint density at radius 2 is 0.875 bits per heavy atom. The number of benzene rings is 5. The highest BCUT2D eigenvalue weighted by Gasteiger charge is 2.54. The molecule has 5 rings (SSSR count). The summed E-state index contributed by atoms with van der Waals surface area (Å²) in [7, 11) is -6.15. The SMILES string of the molecule is C=CCOc1c(O[Si](c2ccccc2)(c2ccccc2)C(C)(C)C)cc(CO)cc1O[Si](c1ccccc1)(c1ccccc1)C(C)(C)C. The van der Waals surface area contributed by atoms with Gasteiger partial charge >= 0.3 is 16.6 Å². The van der Waals surface area contributed by atoms with Gasteiger partial charge in [0.25, 0.3) is 0 Å². The minimum absolute atomic E-state index is 0.185. The van der Waals surface area contributed by atoms with Gasteiger partial charge < -0.3 is 18.7 Å². The van der Waals surface area contributed by atoms with Crippen molar-refractivity contribution in [3.8, 4) is 17.2 Å². The van der Waals surface area contributed by atoms with Crippen molar-refractivity contribution in [2.75, 3.05) is 6.61 Å². The van der Waals surface area contributed by atoms with Crippen LogP contribution in [0, 0.1) is 0 Å². The molecule has 1 N–H and O–H groups in total. The molecule has 0 aliphatic rings. The largest absolute Gasteiger partial charge is 0.531 e. The molecular weight excluding hydrogens is 625 g/mol. The van der Waals surface area contributed by atoms with Crippen LogP contribution in [0.25, 0.3) is 0 Å². The molecule has 0 saturated heterocycles. The van der Waals surface area contributed by atoms with Crippen LogP contribution < -0.4 is 34.3 Å². The first-order valence-corrected chi connectivity index (χ1v) is 20.4. The normalized spacial score (nSPS) is 12.3. The van der Waals surface area contributed by atoms with Crippen molar-refractivity contribution in [3.05, 3.63) is 152 Å². The van der Waals surface area contributed by atoms with E-state index in [-0.39, 0.29) is 23.3 Å². The smallest absolute Gasteiger partial charge is 0.320 e. The molecule has 5 aromatic carbocycles. The Hall–Kier alpha value is -4.37. The highest BCUT2D eigenvalue weighted by atomic mass is 28.4. The first-order valence-electron chi connectivity index (χ1n) is 16.6. The summed E-state index contributed by atoms with van der Waals surface area (Å²) < 4.78 is 21.7. The molecule has 0 atom stereocenters. The minimum atomic E-state index is -3.07.